The molecule has 152 valence electrons. The molecular weight excluding hydrogens is 324 g/mol. The molecule has 2 heterocycles. The standard InChI is InChI=1S/C21H42N4O/c1-7-24(8-2)15-17-11-12-25(16-17)20(22-6)23-14-18-10-9-13-26-19(18)21(3,4)5/h17-19H,7-16H2,1-6H3,(H,22,23). The van der Waals surface area contributed by atoms with Crippen LogP contribution in [0.25, 0.3) is 0 Å². The van der Waals surface area contributed by atoms with Gasteiger partial charge in [-0.25, -0.2) is 0 Å². The van der Waals surface area contributed by atoms with E-state index in [4.69, 9.17) is 4.74 Å². The molecular formula is C21H42N4O. The normalized spacial score (nSPS) is 28.0. The zero-order valence-electron chi connectivity index (χ0n) is 18.1. The molecule has 2 aliphatic rings. The Morgan fingerprint density at radius 3 is 2.58 bits per heavy atom. The molecule has 0 amide bonds. The van der Waals surface area contributed by atoms with Crippen molar-refractivity contribution in [1.29, 1.82) is 0 Å². The summed E-state index contributed by atoms with van der Waals surface area (Å²) in [5.41, 5.74) is 0.193. The molecule has 0 bridgehead atoms. The molecule has 0 aliphatic carbocycles. The third-order valence-corrected chi connectivity index (χ3v) is 6.03. The van der Waals surface area contributed by atoms with E-state index in [1.807, 2.05) is 7.05 Å². The number of ether oxygens (including phenoxy) is 1. The van der Waals surface area contributed by atoms with Gasteiger partial charge in [0.25, 0.3) is 0 Å². The van der Waals surface area contributed by atoms with Gasteiger partial charge < -0.3 is 19.9 Å². The Hall–Kier alpha value is -0.810. The number of hydrogen-bond donors (Lipinski definition) is 1. The van der Waals surface area contributed by atoms with Gasteiger partial charge in [-0.2, -0.15) is 0 Å². The molecule has 2 saturated heterocycles. The second-order valence-electron chi connectivity index (χ2n) is 9.07. The van der Waals surface area contributed by atoms with Crippen LogP contribution in [0.15, 0.2) is 4.99 Å². The third-order valence-electron chi connectivity index (χ3n) is 6.03. The average molecular weight is 367 g/mol. The van der Waals surface area contributed by atoms with E-state index in [1.54, 1.807) is 0 Å². The summed E-state index contributed by atoms with van der Waals surface area (Å²) in [6.07, 6.45) is 4.02. The second kappa shape index (κ2) is 9.93. The third kappa shape index (κ3) is 5.85. The van der Waals surface area contributed by atoms with Crippen molar-refractivity contribution in [2.24, 2.45) is 22.2 Å². The molecule has 5 nitrogen and oxygen atoms in total. The van der Waals surface area contributed by atoms with Crippen LogP contribution >= 0.6 is 0 Å². The molecule has 2 aliphatic heterocycles. The topological polar surface area (TPSA) is 40.1 Å². The lowest BCUT2D eigenvalue weighted by Crippen LogP contribution is -2.48. The second-order valence-corrected chi connectivity index (χ2v) is 9.07. The fourth-order valence-corrected chi connectivity index (χ4v) is 4.59. The zero-order valence-corrected chi connectivity index (χ0v) is 18.1. The van der Waals surface area contributed by atoms with Crippen molar-refractivity contribution in [3.05, 3.63) is 0 Å². The Kier molecular flexibility index (Phi) is 8.21. The number of nitrogens with zero attached hydrogens (tertiary/aromatic N) is 3. The summed E-state index contributed by atoms with van der Waals surface area (Å²) in [7, 11) is 1.92. The fourth-order valence-electron chi connectivity index (χ4n) is 4.59. The van der Waals surface area contributed by atoms with Gasteiger partial charge in [-0.15, -0.1) is 0 Å². The van der Waals surface area contributed by atoms with Gasteiger partial charge in [0, 0.05) is 45.8 Å². The molecule has 3 atom stereocenters. The first-order valence-corrected chi connectivity index (χ1v) is 10.7. The van der Waals surface area contributed by atoms with Crippen molar-refractivity contribution in [2.75, 3.05) is 52.9 Å². The van der Waals surface area contributed by atoms with Gasteiger partial charge in [-0.1, -0.05) is 34.6 Å². The maximum absolute atomic E-state index is 6.13. The quantitative estimate of drug-likeness (QED) is 0.579. The lowest BCUT2D eigenvalue weighted by molar-refractivity contribution is -0.0836. The van der Waals surface area contributed by atoms with E-state index in [9.17, 15) is 0 Å². The van der Waals surface area contributed by atoms with E-state index in [2.05, 4.69) is 54.7 Å². The summed E-state index contributed by atoms with van der Waals surface area (Å²) in [5, 5.41) is 3.67. The number of rotatable bonds is 6. The largest absolute Gasteiger partial charge is 0.377 e. The molecule has 0 saturated carbocycles. The van der Waals surface area contributed by atoms with Gasteiger partial charge in [0.1, 0.15) is 0 Å². The summed E-state index contributed by atoms with van der Waals surface area (Å²) < 4.78 is 6.13. The van der Waals surface area contributed by atoms with E-state index in [0.29, 0.717) is 12.0 Å². The lowest BCUT2D eigenvalue weighted by Gasteiger charge is -2.40. The Morgan fingerprint density at radius 2 is 1.96 bits per heavy atom. The van der Waals surface area contributed by atoms with Gasteiger partial charge in [-0.05, 0) is 43.7 Å². The Labute approximate surface area is 161 Å². The molecule has 0 radical (unpaired) electrons. The van der Waals surface area contributed by atoms with Crippen LogP contribution in [0, 0.1) is 17.3 Å². The highest BCUT2D eigenvalue weighted by Crippen LogP contribution is 2.33. The minimum Gasteiger partial charge on any atom is -0.377 e. The van der Waals surface area contributed by atoms with Gasteiger partial charge in [-0.3, -0.25) is 4.99 Å². The summed E-state index contributed by atoms with van der Waals surface area (Å²) in [5.74, 6) is 2.40. The monoisotopic (exact) mass is 366 g/mol. The average Bonchev–Trinajstić information content (AvgIpc) is 3.08. The minimum absolute atomic E-state index is 0.193. The van der Waals surface area contributed by atoms with Gasteiger partial charge in [0.05, 0.1) is 6.10 Å². The van der Waals surface area contributed by atoms with E-state index < -0.39 is 0 Å². The van der Waals surface area contributed by atoms with Gasteiger partial charge in [0.2, 0.25) is 0 Å². The Balaban J connectivity index is 1.86. The van der Waals surface area contributed by atoms with Crippen LogP contribution < -0.4 is 5.32 Å². The van der Waals surface area contributed by atoms with Gasteiger partial charge in [0.15, 0.2) is 5.96 Å². The molecule has 0 aromatic carbocycles. The number of aliphatic imine (C=N–C) groups is 1. The van der Waals surface area contributed by atoms with Gasteiger partial charge >= 0.3 is 0 Å². The maximum atomic E-state index is 6.13. The molecule has 2 fully saturated rings. The molecule has 0 aromatic rings. The predicted molar refractivity (Wildman–Crippen MR) is 111 cm³/mol. The highest BCUT2D eigenvalue weighted by molar-refractivity contribution is 5.80. The first-order chi connectivity index (χ1) is 12.4. The molecule has 2 rings (SSSR count). The van der Waals surface area contributed by atoms with Crippen LogP contribution in [-0.2, 0) is 4.74 Å². The lowest BCUT2D eigenvalue weighted by atomic mass is 9.78. The summed E-state index contributed by atoms with van der Waals surface area (Å²) in [6.45, 7) is 19.0. The van der Waals surface area contributed by atoms with E-state index >= 15 is 0 Å². The summed E-state index contributed by atoms with van der Waals surface area (Å²) in [4.78, 5) is 9.56. The van der Waals surface area contributed by atoms with Crippen molar-refractivity contribution in [3.63, 3.8) is 0 Å². The first kappa shape index (κ1) is 21.5. The van der Waals surface area contributed by atoms with Crippen LogP contribution in [-0.4, -0.2) is 74.8 Å². The van der Waals surface area contributed by atoms with E-state index in [1.165, 1.54) is 25.8 Å². The van der Waals surface area contributed by atoms with Crippen LogP contribution in [0.5, 0.6) is 0 Å². The number of guanidine groups is 1. The zero-order chi connectivity index (χ0) is 19.2. The van der Waals surface area contributed by atoms with Crippen molar-refractivity contribution in [3.8, 4) is 0 Å². The van der Waals surface area contributed by atoms with Crippen LogP contribution in [0.3, 0.4) is 0 Å². The molecule has 0 aromatic heterocycles. The van der Waals surface area contributed by atoms with Crippen molar-refractivity contribution >= 4 is 5.96 Å². The fraction of sp³-hybridized carbons (Fsp3) is 0.952. The van der Waals surface area contributed by atoms with E-state index in [-0.39, 0.29) is 5.41 Å². The highest BCUT2D eigenvalue weighted by atomic mass is 16.5. The molecule has 3 unspecified atom stereocenters. The Morgan fingerprint density at radius 1 is 1.23 bits per heavy atom. The van der Waals surface area contributed by atoms with E-state index in [0.717, 1.165) is 51.2 Å². The highest BCUT2D eigenvalue weighted by Gasteiger charge is 2.35. The summed E-state index contributed by atoms with van der Waals surface area (Å²) >= 11 is 0. The maximum Gasteiger partial charge on any atom is 0.193 e. The number of nitrogens with one attached hydrogen (secondary N) is 1. The smallest absolute Gasteiger partial charge is 0.193 e. The van der Waals surface area contributed by atoms with Crippen LogP contribution in [0.2, 0.25) is 0 Å². The number of likely N-dealkylation sites (tertiary alicyclic amines) is 1. The van der Waals surface area contributed by atoms with Crippen molar-refractivity contribution in [2.45, 2.75) is 60.0 Å². The summed E-state index contributed by atoms with van der Waals surface area (Å²) in [6, 6.07) is 0. The van der Waals surface area contributed by atoms with Crippen LogP contribution in [0.4, 0.5) is 0 Å². The molecule has 1 N–H and O–H groups in total. The Bertz CT molecular complexity index is 442. The first-order valence-electron chi connectivity index (χ1n) is 10.7. The molecule has 5 heteroatoms. The number of hydrogen-bond acceptors (Lipinski definition) is 3. The minimum atomic E-state index is 0.193. The van der Waals surface area contributed by atoms with Crippen molar-refractivity contribution in [1.82, 2.24) is 15.1 Å². The SMILES string of the molecule is CCN(CC)CC1CCN(C(=NC)NCC2CCCOC2C(C)(C)C)C1. The predicted octanol–water partition coefficient (Wildman–Crippen LogP) is 3.07. The van der Waals surface area contributed by atoms with Crippen LogP contribution in [0.1, 0.15) is 53.9 Å². The molecule has 26 heavy (non-hydrogen) atoms. The molecule has 0 spiro atoms. The van der Waals surface area contributed by atoms with Crippen molar-refractivity contribution < 1.29 is 4.74 Å².